The minimum absolute atomic E-state index is 0.301. The van der Waals surface area contributed by atoms with Crippen LogP contribution in [0, 0.1) is 0 Å². The Balaban J connectivity index is 3.00. The molecule has 1 N–H and O–H groups in total. The van der Waals surface area contributed by atoms with Crippen molar-refractivity contribution in [3.05, 3.63) is 23.7 Å². The lowest BCUT2D eigenvalue weighted by molar-refractivity contribution is -0.138. The van der Waals surface area contributed by atoms with E-state index in [9.17, 15) is 4.79 Å². The Morgan fingerprint density at radius 3 is 2.31 bits per heavy atom. The van der Waals surface area contributed by atoms with E-state index in [0.717, 1.165) is 11.1 Å². The summed E-state index contributed by atoms with van der Waals surface area (Å²) in [6.07, 6.45) is 3.15. The van der Waals surface area contributed by atoms with Crippen molar-refractivity contribution >= 4 is 5.97 Å². The number of furan rings is 1. The summed E-state index contributed by atoms with van der Waals surface area (Å²) < 4.78 is 5.01. The van der Waals surface area contributed by atoms with E-state index < -0.39 is 11.9 Å². The van der Waals surface area contributed by atoms with E-state index in [-0.39, 0.29) is 0 Å². The molecule has 0 aliphatic rings. The zero-order chi connectivity index (χ0) is 10.0. The fourth-order valence-corrected chi connectivity index (χ4v) is 1.27. The molecule has 0 saturated carbocycles. The monoisotopic (exact) mass is 182 g/mol. The Kier molecular flexibility index (Phi) is 2.76. The zero-order valence-electron chi connectivity index (χ0n) is 8.07. The maximum absolute atomic E-state index is 10.7. The molecule has 72 valence electrons. The van der Waals surface area contributed by atoms with Crippen molar-refractivity contribution in [1.82, 2.24) is 0 Å². The first-order chi connectivity index (χ1) is 6.04. The molecule has 1 rings (SSSR count). The fraction of sp³-hybridized carbons (Fsp3) is 0.500. The number of aliphatic carboxylic acids is 1. The number of carboxylic acid groups (broad SMARTS) is 1. The van der Waals surface area contributed by atoms with Gasteiger partial charge in [-0.3, -0.25) is 4.79 Å². The molecule has 0 aromatic carbocycles. The van der Waals surface area contributed by atoms with Crippen LogP contribution in [0.1, 0.15) is 43.7 Å². The molecule has 3 nitrogen and oxygen atoms in total. The van der Waals surface area contributed by atoms with Crippen LogP contribution in [0.2, 0.25) is 0 Å². The molecule has 0 saturated heterocycles. The first-order valence-corrected chi connectivity index (χ1v) is 4.32. The van der Waals surface area contributed by atoms with E-state index in [4.69, 9.17) is 9.52 Å². The number of hydrogen-bond donors (Lipinski definition) is 1. The largest absolute Gasteiger partial charge is 0.481 e. The Morgan fingerprint density at radius 2 is 1.85 bits per heavy atom. The van der Waals surface area contributed by atoms with Crippen LogP contribution in [0.4, 0.5) is 0 Å². The second-order valence-electron chi connectivity index (χ2n) is 3.50. The molecule has 0 amide bonds. The summed E-state index contributed by atoms with van der Waals surface area (Å²) in [4.78, 5) is 10.7. The lowest BCUT2D eigenvalue weighted by atomic mass is 9.94. The molecule has 0 radical (unpaired) electrons. The van der Waals surface area contributed by atoms with E-state index in [1.54, 1.807) is 13.2 Å². The molecule has 1 aromatic rings. The summed E-state index contributed by atoms with van der Waals surface area (Å²) in [6, 6.07) is 0. The van der Waals surface area contributed by atoms with Crippen molar-refractivity contribution in [2.75, 3.05) is 0 Å². The average Bonchev–Trinajstić information content (AvgIpc) is 2.50. The summed E-state index contributed by atoms with van der Waals surface area (Å²) in [5, 5.41) is 8.82. The normalized spacial score (nSPS) is 13.2. The average molecular weight is 182 g/mol. The maximum atomic E-state index is 10.7. The van der Waals surface area contributed by atoms with Gasteiger partial charge in [0, 0.05) is 5.56 Å². The van der Waals surface area contributed by atoms with Crippen molar-refractivity contribution in [2.24, 2.45) is 0 Å². The van der Waals surface area contributed by atoms with Gasteiger partial charge in [-0.05, 0) is 18.4 Å². The highest BCUT2D eigenvalue weighted by Gasteiger charge is 2.20. The first kappa shape index (κ1) is 9.84. The van der Waals surface area contributed by atoms with E-state index in [0.29, 0.717) is 5.92 Å². The summed E-state index contributed by atoms with van der Waals surface area (Å²) in [5.41, 5.74) is 1.76. The number of rotatable bonds is 3. The van der Waals surface area contributed by atoms with Gasteiger partial charge in [0.05, 0.1) is 18.4 Å². The Bertz CT molecular complexity index is 299. The van der Waals surface area contributed by atoms with E-state index in [1.165, 1.54) is 6.26 Å². The predicted molar refractivity (Wildman–Crippen MR) is 48.8 cm³/mol. The lowest BCUT2D eigenvalue weighted by Gasteiger charge is -2.08. The number of carbonyl (C=O) groups is 1. The van der Waals surface area contributed by atoms with Gasteiger partial charge < -0.3 is 9.52 Å². The van der Waals surface area contributed by atoms with Gasteiger partial charge in [0.15, 0.2) is 0 Å². The molecular formula is C10H14O3. The molecule has 0 spiro atoms. The Hall–Kier alpha value is -1.25. The van der Waals surface area contributed by atoms with Gasteiger partial charge in [0.25, 0.3) is 0 Å². The number of hydrogen-bond acceptors (Lipinski definition) is 2. The third kappa shape index (κ3) is 1.91. The molecule has 1 aromatic heterocycles. The second-order valence-corrected chi connectivity index (χ2v) is 3.50. The van der Waals surface area contributed by atoms with E-state index in [1.807, 2.05) is 13.8 Å². The molecule has 0 aliphatic heterocycles. The highest BCUT2D eigenvalue weighted by molar-refractivity contribution is 5.75. The van der Waals surface area contributed by atoms with Crippen LogP contribution in [0.3, 0.4) is 0 Å². The summed E-state index contributed by atoms with van der Waals surface area (Å²) in [7, 11) is 0. The van der Waals surface area contributed by atoms with Crippen molar-refractivity contribution in [2.45, 2.75) is 32.6 Å². The molecule has 1 heterocycles. The van der Waals surface area contributed by atoms with Crippen LogP contribution in [0.25, 0.3) is 0 Å². The third-order valence-corrected chi connectivity index (χ3v) is 2.18. The van der Waals surface area contributed by atoms with Crippen molar-refractivity contribution in [1.29, 1.82) is 0 Å². The predicted octanol–water partition coefficient (Wildman–Crippen LogP) is 2.59. The van der Waals surface area contributed by atoms with Gasteiger partial charge in [-0.15, -0.1) is 0 Å². The third-order valence-electron chi connectivity index (χ3n) is 2.18. The minimum Gasteiger partial charge on any atom is -0.481 e. The lowest BCUT2D eigenvalue weighted by Crippen LogP contribution is -2.08. The van der Waals surface area contributed by atoms with Gasteiger partial charge in [-0.1, -0.05) is 13.8 Å². The summed E-state index contributed by atoms with van der Waals surface area (Å²) >= 11 is 0. The smallest absolute Gasteiger partial charge is 0.310 e. The number of carboxylic acids is 1. The molecule has 1 atom stereocenters. The van der Waals surface area contributed by atoms with Crippen molar-refractivity contribution < 1.29 is 14.3 Å². The quantitative estimate of drug-likeness (QED) is 0.781. The molecule has 3 heteroatoms. The van der Waals surface area contributed by atoms with Gasteiger partial charge in [0.1, 0.15) is 0 Å². The standard InChI is InChI=1S/C10H14O3/c1-6(2)8-4-13-5-9(8)7(3)10(11)12/h4-7H,1-3H3,(H,11,12). The van der Waals surface area contributed by atoms with Gasteiger partial charge in [-0.2, -0.15) is 0 Å². The second kappa shape index (κ2) is 3.64. The van der Waals surface area contributed by atoms with Crippen LogP contribution in [0.15, 0.2) is 16.9 Å². The molecule has 0 aliphatic carbocycles. The van der Waals surface area contributed by atoms with E-state index >= 15 is 0 Å². The maximum Gasteiger partial charge on any atom is 0.310 e. The topological polar surface area (TPSA) is 50.4 Å². The Morgan fingerprint density at radius 1 is 1.31 bits per heavy atom. The first-order valence-electron chi connectivity index (χ1n) is 4.32. The Labute approximate surface area is 77.4 Å². The molecular weight excluding hydrogens is 168 g/mol. The SMILES string of the molecule is CC(C)c1cocc1C(C)C(=O)O. The summed E-state index contributed by atoms with van der Waals surface area (Å²) in [6.45, 7) is 5.70. The highest BCUT2D eigenvalue weighted by Crippen LogP contribution is 2.27. The minimum atomic E-state index is -0.816. The van der Waals surface area contributed by atoms with Gasteiger partial charge >= 0.3 is 5.97 Å². The fourth-order valence-electron chi connectivity index (χ4n) is 1.27. The molecule has 0 bridgehead atoms. The van der Waals surface area contributed by atoms with Crippen LogP contribution in [-0.4, -0.2) is 11.1 Å². The van der Waals surface area contributed by atoms with Crippen LogP contribution < -0.4 is 0 Å². The van der Waals surface area contributed by atoms with Crippen LogP contribution in [0.5, 0.6) is 0 Å². The van der Waals surface area contributed by atoms with Crippen LogP contribution in [-0.2, 0) is 4.79 Å². The van der Waals surface area contributed by atoms with E-state index in [2.05, 4.69) is 0 Å². The molecule has 0 fully saturated rings. The van der Waals surface area contributed by atoms with Gasteiger partial charge in [-0.25, -0.2) is 0 Å². The molecule has 1 unspecified atom stereocenters. The summed E-state index contributed by atoms with van der Waals surface area (Å²) in [5.74, 6) is -1.00. The van der Waals surface area contributed by atoms with Crippen molar-refractivity contribution in [3.63, 3.8) is 0 Å². The van der Waals surface area contributed by atoms with Gasteiger partial charge in [0.2, 0.25) is 0 Å². The highest BCUT2D eigenvalue weighted by atomic mass is 16.4. The van der Waals surface area contributed by atoms with Crippen LogP contribution >= 0.6 is 0 Å². The van der Waals surface area contributed by atoms with Crippen molar-refractivity contribution in [3.8, 4) is 0 Å². The molecule has 13 heavy (non-hydrogen) atoms. The zero-order valence-corrected chi connectivity index (χ0v) is 8.07.